The summed E-state index contributed by atoms with van der Waals surface area (Å²) in [5, 5.41) is 41.5. The lowest BCUT2D eigenvalue weighted by Gasteiger charge is -2.26. The first-order valence-corrected chi connectivity index (χ1v) is 6.94. The molecule has 22 heavy (non-hydrogen) atoms. The molecule has 118 valence electrons. The smallest absolute Gasteiger partial charge is 0.352 e. The molecule has 1 aliphatic heterocycles. The lowest BCUT2D eigenvalue weighted by molar-refractivity contribution is -0.109. The number of rotatable bonds is 4. The second-order valence-electron chi connectivity index (χ2n) is 5.47. The van der Waals surface area contributed by atoms with Gasteiger partial charge in [-0.1, -0.05) is 0 Å². The molecular weight excluding hydrogens is 292 g/mol. The summed E-state index contributed by atoms with van der Waals surface area (Å²) in [4.78, 5) is 16.0. The Hall–Kier alpha value is -1.99. The normalized spacial score (nSPS) is 34.4. The van der Waals surface area contributed by atoms with Gasteiger partial charge < -0.3 is 25.4 Å². The van der Waals surface area contributed by atoms with Crippen molar-refractivity contribution in [3.63, 3.8) is 0 Å². The molecule has 0 bridgehead atoms. The topological polar surface area (TPSA) is 141 Å². The van der Waals surface area contributed by atoms with Crippen LogP contribution < -0.4 is 11.0 Å². The molecule has 9 nitrogen and oxygen atoms in total. The first-order chi connectivity index (χ1) is 10.5. The summed E-state index contributed by atoms with van der Waals surface area (Å²) in [6.45, 7) is -0.592. The Kier molecular flexibility index (Phi) is 3.62. The zero-order valence-electron chi connectivity index (χ0n) is 11.6. The molecule has 2 heterocycles. The first kappa shape index (κ1) is 14.9. The van der Waals surface area contributed by atoms with Crippen LogP contribution in [0.25, 0.3) is 0 Å². The molecule has 2 aliphatic rings. The van der Waals surface area contributed by atoms with Crippen molar-refractivity contribution in [1.29, 1.82) is 5.26 Å². The Morgan fingerprint density at radius 3 is 2.77 bits per heavy atom. The molecule has 2 fully saturated rings. The lowest BCUT2D eigenvalue weighted by Crippen LogP contribution is -2.49. The molecule has 0 unspecified atom stereocenters. The summed E-state index contributed by atoms with van der Waals surface area (Å²) in [7, 11) is 0. The SMILES string of the molecule is N#C[C@@]1(n2ccc(NC3CC3)nc2=O)O[C@H](CO)[C@@H](O)[C@H]1O. The Balaban J connectivity index is 1.97. The van der Waals surface area contributed by atoms with E-state index >= 15 is 0 Å². The van der Waals surface area contributed by atoms with Gasteiger partial charge in [-0.15, -0.1) is 0 Å². The van der Waals surface area contributed by atoms with Crippen LogP contribution in [0.3, 0.4) is 0 Å². The minimum Gasteiger partial charge on any atom is -0.394 e. The van der Waals surface area contributed by atoms with Gasteiger partial charge in [0.1, 0.15) is 30.2 Å². The molecule has 1 aromatic rings. The molecule has 1 saturated heterocycles. The molecule has 0 aromatic carbocycles. The molecule has 0 spiro atoms. The van der Waals surface area contributed by atoms with E-state index in [-0.39, 0.29) is 0 Å². The Morgan fingerprint density at radius 2 is 2.27 bits per heavy atom. The van der Waals surface area contributed by atoms with Crippen LogP contribution >= 0.6 is 0 Å². The maximum Gasteiger partial charge on any atom is 0.352 e. The predicted octanol–water partition coefficient (Wildman–Crippen LogP) is -1.89. The average molecular weight is 308 g/mol. The van der Waals surface area contributed by atoms with E-state index in [0.717, 1.165) is 17.4 Å². The minimum absolute atomic E-state index is 0.307. The maximum atomic E-state index is 12.2. The lowest BCUT2D eigenvalue weighted by atomic mass is 10.0. The third-order valence-electron chi connectivity index (χ3n) is 3.87. The number of nitriles is 1. The first-order valence-electron chi connectivity index (χ1n) is 6.94. The van der Waals surface area contributed by atoms with E-state index in [0.29, 0.717) is 11.9 Å². The standard InChI is InChI=1S/C13H16N4O5/c14-6-13(11(20)10(19)8(5-18)22-13)17-4-3-9(16-12(17)21)15-7-1-2-7/h3-4,7-8,10-11,18-20H,1-2,5H2,(H,15,16,21)/t8-,10-,11-,13-/m1/s1. The van der Waals surface area contributed by atoms with Gasteiger partial charge in [-0.2, -0.15) is 10.2 Å². The summed E-state index contributed by atoms with van der Waals surface area (Å²) >= 11 is 0. The van der Waals surface area contributed by atoms with Crippen molar-refractivity contribution in [3.05, 3.63) is 22.7 Å². The quantitative estimate of drug-likeness (QED) is 0.506. The number of aliphatic hydroxyl groups is 3. The zero-order chi connectivity index (χ0) is 15.9. The van der Waals surface area contributed by atoms with Gasteiger partial charge in [0, 0.05) is 12.2 Å². The van der Waals surface area contributed by atoms with E-state index in [1.54, 1.807) is 6.07 Å². The summed E-state index contributed by atoms with van der Waals surface area (Å²) in [5.41, 5.74) is -2.91. The highest BCUT2D eigenvalue weighted by molar-refractivity contribution is 5.35. The summed E-state index contributed by atoms with van der Waals surface area (Å²) in [6.07, 6.45) is -1.03. The van der Waals surface area contributed by atoms with Crippen molar-refractivity contribution in [2.45, 2.75) is 42.9 Å². The van der Waals surface area contributed by atoms with Gasteiger partial charge in [0.05, 0.1) is 6.61 Å². The van der Waals surface area contributed by atoms with E-state index in [4.69, 9.17) is 9.84 Å². The van der Waals surface area contributed by atoms with E-state index in [1.165, 1.54) is 12.3 Å². The van der Waals surface area contributed by atoms with Gasteiger partial charge in [-0.3, -0.25) is 4.57 Å². The molecule has 3 rings (SSSR count). The van der Waals surface area contributed by atoms with E-state index in [9.17, 15) is 20.3 Å². The van der Waals surface area contributed by atoms with Gasteiger partial charge in [0.2, 0.25) is 0 Å². The summed E-state index contributed by atoms with van der Waals surface area (Å²) in [5.74, 6) is 0.378. The van der Waals surface area contributed by atoms with Crippen molar-refractivity contribution in [3.8, 4) is 6.07 Å². The number of aromatic nitrogens is 2. The zero-order valence-corrected chi connectivity index (χ0v) is 11.6. The number of aliphatic hydroxyl groups excluding tert-OH is 3. The number of ether oxygens (including phenoxy) is 1. The number of anilines is 1. The van der Waals surface area contributed by atoms with Crippen molar-refractivity contribution >= 4 is 5.82 Å². The molecule has 1 aliphatic carbocycles. The minimum atomic E-state index is -2.12. The average Bonchev–Trinajstić information content (AvgIpc) is 3.28. The third-order valence-corrected chi connectivity index (χ3v) is 3.87. The Labute approximate surface area is 125 Å². The number of nitrogens with one attached hydrogen (secondary N) is 1. The van der Waals surface area contributed by atoms with Gasteiger partial charge in [0.15, 0.2) is 0 Å². The van der Waals surface area contributed by atoms with Crippen LogP contribution in [0.2, 0.25) is 0 Å². The fourth-order valence-electron chi connectivity index (χ4n) is 2.47. The predicted molar refractivity (Wildman–Crippen MR) is 72.7 cm³/mol. The molecule has 1 aromatic heterocycles. The van der Waals surface area contributed by atoms with Crippen LogP contribution in [-0.4, -0.2) is 55.8 Å². The van der Waals surface area contributed by atoms with E-state index < -0.39 is 36.3 Å². The van der Waals surface area contributed by atoms with Crippen LogP contribution in [-0.2, 0) is 10.5 Å². The van der Waals surface area contributed by atoms with Gasteiger partial charge in [-0.25, -0.2) is 4.79 Å². The van der Waals surface area contributed by atoms with E-state index in [2.05, 4.69) is 10.3 Å². The van der Waals surface area contributed by atoms with Crippen molar-refractivity contribution in [1.82, 2.24) is 9.55 Å². The van der Waals surface area contributed by atoms with Crippen LogP contribution in [0.4, 0.5) is 5.82 Å². The largest absolute Gasteiger partial charge is 0.394 e. The Morgan fingerprint density at radius 1 is 1.55 bits per heavy atom. The van der Waals surface area contributed by atoms with Crippen molar-refractivity contribution < 1.29 is 20.1 Å². The number of nitrogens with zero attached hydrogens (tertiary/aromatic N) is 3. The van der Waals surface area contributed by atoms with Gasteiger partial charge >= 0.3 is 5.69 Å². The molecule has 4 N–H and O–H groups in total. The molecule has 0 amide bonds. The second-order valence-corrected chi connectivity index (χ2v) is 5.47. The molecule has 4 atom stereocenters. The van der Waals surface area contributed by atoms with Crippen molar-refractivity contribution in [2.75, 3.05) is 11.9 Å². The van der Waals surface area contributed by atoms with Crippen LogP contribution in [0, 0.1) is 11.3 Å². The fraction of sp³-hybridized carbons (Fsp3) is 0.615. The van der Waals surface area contributed by atoms with Crippen LogP contribution in [0.1, 0.15) is 12.8 Å². The van der Waals surface area contributed by atoms with Gasteiger partial charge in [-0.05, 0) is 18.9 Å². The molecular formula is C13H16N4O5. The molecule has 1 saturated carbocycles. The maximum absolute atomic E-state index is 12.2. The third kappa shape index (κ3) is 2.26. The summed E-state index contributed by atoms with van der Waals surface area (Å²) in [6, 6.07) is 3.51. The van der Waals surface area contributed by atoms with Crippen molar-refractivity contribution in [2.24, 2.45) is 0 Å². The monoisotopic (exact) mass is 308 g/mol. The highest BCUT2D eigenvalue weighted by Gasteiger charge is 2.56. The fourth-order valence-corrected chi connectivity index (χ4v) is 2.47. The van der Waals surface area contributed by atoms with E-state index in [1.807, 2.05) is 0 Å². The van der Waals surface area contributed by atoms with Gasteiger partial charge in [0.25, 0.3) is 5.72 Å². The van der Waals surface area contributed by atoms with Crippen LogP contribution in [0.5, 0.6) is 0 Å². The molecule has 9 heteroatoms. The Bertz CT molecular complexity index is 667. The molecule has 0 radical (unpaired) electrons. The highest BCUT2D eigenvalue weighted by Crippen LogP contribution is 2.34. The van der Waals surface area contributed by atoms with Crippen LogP contribution in [0.15, 0.2) is 17.1 Å². The summed E-state index contributed by atoms with van der Waals surface area (Å²) < 4.78 is 6.09. The highest BCUT2D eigenvalue weighted by atomic mass is 16.6. The second kappa shape index (κ2) is 5.33. The number of hydrogen-bond donors (Lipinski definition) is 4. The number of hydrogen-bond acceptors (Lipinski definition) is 8.